The van der Waals surface area contributed by atoms with E-state index in [-0.39, 0.29) is 8.81 Å². The molecular formula is C12H14FOPS. The Morgan fingerprint density at radius 1 is 1.44 bits per heavy atom. The molecule has 0 spiro atoms. The molecule has 0 aliphatic rings. The van der Waals surface area contributed by atoms with Crippen LogP contribution >= 0.6 is 20.1 Å². The van der Waals surface area contributed by atoms with Crippen LogP contribution in [0.15, 0.2) is 24.3 Å². The van der Waals surface area contributed by atoms with Crippen molar-refractivity contribution in [1.29, 1.82) is 0 Å². The van der Waals surface area contributed by atoms with Gasteiger partial charge in [-0.15, -0.1) is 11.3 Å². The van der Waals surface area contributed by atoms with E-state index in [9.17, 15) is 4.39 Å². The van der Waals surface area contributed by atoms with Gasteiger partial charge in [0, 0.05) is 16.2 Å². The fraction of sp³-hybridized carbons (Fsp3) is 0.333. The second-order valence-electron chi connectivity index (χ2n) is 3.57. The van der Waals surface area contributed by atoms with E-state index >= 15 is 0 Å². The van der Waals surface area contributed by atoms with E-state index in [4.69, 9.17) is 4.52 Å². The molecule has 86 valence electrons. The molecule has 16 heavy (non-hydrogen) atoms. The lowest BCUT2D eigenvalue weighted by Crippen LogP contribution is -1.86. The third-order valence-electron chi connectivity index (χ3n) is 2.29. The summed E-state index contributed by atoms with van der Waals surface area (Å²) < 4.78 is 20.1. The molecule has 4 heteroatoms. The quantitative estimate of drug-likeness (QED) is 0.713. The van der Waals surface area contributed by atoms with Crippen LogP contribution in [0.2, 0.25) is 0 Å². The molecular weight excluding hydrogens is 242 g/mol. The zero-order chi connectivity index (χ0) is 11.5. The highest BCUT2D eigenvalue weighted by atomic mass is 32.1. The summed E-state index contributed by atoms with van der Waals surface area (Å²) in [5, 5.41) is 1.13. The molecule has 2 rings (SSSR count). The van der Waals surface area contributed by atoms with Gasteiger partial charge in [0.15, 0.2) is 5.91 Å². The summed E-state index contributed by atoms with van der Waals surface area (Å²) in [7, 11) is -0.102. The standard InChI is InChI=1S/C12H14FOPS/c1-3-14-15-12(13)9-4-5-11-10(7-9)6-8(2)16-11/h4-7,12,15H,3H2,1-2H3. The molecule has 0 amide bonds. The Kier molecular flexibility index (Phi) is 3.91. The number of rotatable bonds is 4. The Bertz CT molecular complexity index is 483. The second kappa shape index (κ2) is 5.22. The number of alkyl halides is 1. The van der Waals surface area contributed by atoms with Gasteiger partial charge < -0.3 is 4.52 Å². The molecule has 0 N–H and O–H groups in total. The lowest BCUT2D eigenvalue weighted by Gasteiger charge is -2.07. The molecule has 0 aliphatic heterocycles. The number of aryl methyl sites for hydroxylation is 1. The van der Waals surface area contributed by atoms with E-state index in [2.05, 4.69) is 13.0 Å². The Hall–Kier alpha value is -0.500. The van der Waals surface area contributed by atoms with Crippen LogP contribution < -0.4 is 0 Å². The highest BCUT2D eigenvalue weighted by molar-refractivity contribution is 7.32. The minimum absolute atomic E-state index is 0.102. The largest absolute Gasteiger partial charge is 0.359 e. The molecule has 0 radical (unpaired) electrons. The number of fused-ring (bicyclic) bond motifs is 1. The molecule has 1 aromatic carbocycles. The number of hydrogen-bond acceptors (Lipinski definition) is 2. The van der Waals surface area contributed by atoms with Crippen LogP contribution in [0.25, 0.3) is 10.1 Å². The third kappa shape index (κ3) is 2.60. The molecule has 1 aromatic heterocycles. The van der Waals surface area contributed by atoms with Gasteiger partial charge in [0.2, 0.25) is 0 Å². The SMILES string of the molecule is CCOPC(F)c1ccc2sc(C)cc2c1. The van der Waals surface area contributed by atoms with Crippen molar-refractivity contribution in [2.45, 2.75) is 19.8 Å². The molecule has 1 heterocycles. The Morgan fingerprint density at radius 2 is 2.25 bits per heavy atom. The van der Waals surface area contributed by atoms with Crippen molar-refractivity contribution >= 4 is 30.2 Å². The molecule has 0 saturated carbocycles. The van der Waals surface area contributed by atoms with Gasteiger partial charge in [-0.05, 0) is 43.0 Å². The maximum atomic E-state index is 13.7. The van der Waals surface area contributed by atoms with Crippen molar-refractivity contribution in [1.82, 2.24) is 0 Å². The molecule has 2 unspecified atom stereocenters. The fourth-order valence-corrected chi connectivity index (χ4v) is 3.11. The lowest BCUT2D eigenvalue weighted by atomic mass is 10.2. The van der Waals surface area contributed by atoms with Gasteiger partial charge >= 0.3 is 0 Å². The van der Waals surface area contributed by atoms with Crippen LogP contribution in [0, 0.1) is 6.92 Å². The molecule has 2 aromatic rings. The average molecular weight is 256 g/mol. The highest BCUT2D eigenvalue weighted by Gasteiger charge is 2.11. The van der Waals surface area contributed by atoms with Crippen molar-refractivity contribution in [3.05, 3.63) is 34.7 Å². The maximum Gasteiger partial charge on any atom is 0.166 e. The van der Waals surface area contributed by atoms with Crippen LogP contribution in [-0.4, -0.2) is 6.61 Å². The molecule has 1 nitrogen and oxygen atoms in total. The maximum absolute atomic E-state index is 13.7. The third-order valence-corrected chi connectivity index (χ3v) is 4.31. The van der Waals surface area contributed by atoms with Gasteiger partial charge in [-0.3, -0.25) is 0 Å². The molecule has 0 aliphatic carbocycles. The topological polar surface area (TPSA) is 9.23 Å². The van der Waals surface area contributed by atoms with Crippen molar-refractivity contribution in [3.8, 4) is 0 Å². The number of hydrogen-bond donors (Lipinski definition) is 0. The predicted octanol–water partition coefficient (Wildman–Crippen LogP) is 4.81. The van der Waals surface area contributed by atoms with Gasteiger partial charge in [-0.1, -0.05) is 6.07 Å². The average Bonchev–Trinajstić information content (AvgIpc) is 2.64. The van der Waals surface area contributed by atoms with Crippen LogP contribution in [0.4, 0.5) is 4.39 Å². The molecule has 0 fully saturated rings. The molecule has 2 atom stereocenters. The lowest BCUT2D eigenvalue weighted by molar-refractivity contribution is 0.354. The Labute approximate surface area is 100 Å². The zero-order valence-electron chi connectivity index (χ0n) is 9.29. The van der Waals surface area contributed by atoms with Crippen molar-refractivity contribution in [3.63, 3.8) is 0 Å². The Morgan fingerprint density at radius 3 is 3.00 bits per heavy atom. The Balaban J connectivity index is 2.24. The minimum atomic E-state index is -0.996. The van der Waals surface area contributed by atoms with E-state index in [0.29, 0.717) is 6.61 Å². The van der Waals surface area contributed by atoms with E-state index in [0.717, 1.165) is 10.9 Å². The van der Waals surface area contributed by atoms with Gasteiger partial charge in [-0.25, -0.2) is 4.39 Å². The van der Waals surface area contributed by atoms with Crippen molar-refractivity contribution in [2.75, 3.05) is 6.61 Å². The van der Waals surface area contributed by atoms with Crippen molar-refractivity contribution in [2.24, 2.45) is 0 Å². The first-order chi connectivity index (χ1) is 7.70. The van der Waals surface area contributed by atoms with Crippen molar-refractivity contribution < 1.29 is 8.91 Å². The number of halogens is 1. The van der Waals surface area contributed by atoms with Gasteiger partial charge in [0.1, 0.15) is 0 Å². The summed E-state index contributed by atoms with van der Waals surface area (Å²) >= 11 is 1.74. The first-order valence-electron chi connectivity index (χ1n) is 5.22. The van der Waals surface area contributed by atoms with E-state index in [1.165, 1.54) is 9.58 Å². The molecule has 0 saturated heterocycles. The summed E-state index contributed by atoms with van der Waals surface area (Å²) in [6, 6.07) is 7.87. The second-order valence-corrected chi connectivity index (χ2v) is 5.89. The number of benzene rings is 1. The fourth-order valence-electron chi connectivity index (χ4n) is 1.58. The summed E-state index contributed by atoms with van der Waals surface area (Å²) in [4.78, 5) is 1.26. The van der Waals surface area contributed by atoms with Crippen LogP contribution in [-0.2, 0) is 4.52 Å². The van der Waals surface area contributed by atoms with E-state index < -0.39 is 5.91 Å². The van der Waals surface area contributed by atoms with E-state index in [1.807, 2.05) is 25.1 Å². The van der Waals surface area contributed by atoms with Gasteiger partial charge in [0.05, 0.1) is 8.81 Å². The van der Waals surface area contributed by atoms with Crippen LogP contribution in [0.5, 0.6) is 0 Å². The zero-order valence-corrected chi connectivity index (χ0v) is 11.1. The minimum Gasteiger partial charge on any atom is -0.359 e. The first kappa shape index (κ1) is 12.0. The number of thiophene rings is 1. The highest BCUT2D eigenvalue weighted by Crippen LogP contribution is 2.38. The normalized spacial score (nSPS) is 13.9. The first-order valence-corrected chi connectivity index (χ1v) is 7.02. The molecule has 0 bridgehead atoms. The monoisotopic (exact) mass is 256 g/mol. The van der Waals surface area contributed by atoms with Crippen LogP contribution in [0.3, 0.4) is 0 Å². The van der Waals surface area contributed by atoms with Crippen LogP contribution in [0.1, 0.15) is 23.3 Å². The summed E-state index contributed by atoms with van der Waals surface area (Å²) in [5.41, 5.74) is 0.720. The van der Waals surface area contributed by atoms with Gasteiger partial charge in [0.25, 0.3) is 0 Å². The van der Waals surface area contributed by atoms with E-state index in [1.54, 1.807) is 11.3 Å². The summed E-state index contributed by atoms with van der Waals surface area (Å²) in [6.45, 7) is 4.52. The smallest absolute Gasteiger partial charge is 0.166 e. The summed E-state index contributed by atoms with van der Waals surface area (Å²) in [6.07, 6.45) is 0. The predicted molar refractivity (Wildman–Crippen MR) is 70.4 cm³/mol. The van der Waals surface area contributed by atoms with Gasteiger partial charge in [-0.2, -0.15) is 0 Å². The summed E-state index contributed by atoms with van der Waals surface area (Å²) in [5.74, 6) is -0.996.